The van der Waals surface area contributed by atoms with Gasteiger partial charge in [0.25, 0.3) is 21.8 Å². The van der Waals surface area contributed by atoms with E-state index in [1.165, 1.54) is 4.90 Å². The molecule has 2 amide bonds. The Labute approximate surface area is 207 Å². The molecule has 0 aliphatic carbocycles. The van der Waals surface area contributed by atoms with Gasteiger partial charge in [0, 0.05) is 34.8 Å². The highest BCUT2D eigenvalue weighted by Gasteiger charge is 2.40. The number of aromatic nitrogens is 1. The van der Waals surface area contributed by atoms with E-state index < -0.39 is 27.8 Å². The molecule has 3 aromatic carbocycles. The monoisotopic (exact) mass is 506 g/mol. The average Bonchev–Trinajstić information content (AvgIpc) is 3.28. The summed E-state index contributed by atoms with van der Waals surface area (Å²) in [6.45, 7) is 1.59. The lowest BCUT2D eigenvalue weighted by atomic mass is 9.95. The number of nitrogens with one attached hydrogen (secondary N) is 2. The summed E-state index contributed by atoms with van der Waals surface area (Å²) < 4.78 is 40.1. The SMILES string of the molecule is Cc1c(C2c3ccccc3C(=O)N2CC(=O)NNS(=O)(=O)c2ccc(F)cc2)c2ccccc2n1C. The van der Waals surface area contributed by atoms with Crippen LogP contribution < -0.4 is 10.3 Å². The maximum absolute atomic E-state index is 13.4. The molecule has 36 heavy (non-hydrogen) atoms. The number of hydrogen-bond donors (Lipinski definition) is 2. The summed E-state index contributed by atoms with van der Waals surface area (Å²) in [6, 6.07) is 18.7. The van der Waals surface area contributed by atoms with E-state index in [0.29, 0.717) is 5.56 Å². The third kappa shape index (κ3) is 3.94. The predicted octanol–water partition coefficient (Wildman–Crippen LogP) is 3.18. The first-order valence-corrected chi connectivity index (χ1v) is 12.7. The minimum atomic E-state index is -4.13. The molecule has 0 saturated carbocycles. The maximum Gasteiger partial charge on any atom is 0.257 e. The number of carbonyl (C=O) groups is 2. The molecule has 10 heteroatoms. The van der Waals surface area contributed by atoms with Crippen molar-refractivity contribution in [3.8, 4) is 0 Å². The summed E-state index contributed by atoms with van der Waals surface area (Å²) in [5.41, 5.74) is 6.30. The molecule has 184 valence electrons. The number of amides is 2. The van der Waals surface area contributed by atoms with E-state index in [2.05, 4.69) is 5.43 Å². The van der Waals surface area contributed by atoms with Crippen LogP contribution in [0.15, 0.2) is 77.7 Å². The van der Waals surface area contributed by atoms with Crippen molar-refractivity contribution in [1.82, 2.24) is 19.7 Å². The highest BCUT2D eigenvalue weighted by Crippen LogP contribution is 2.43. The van der Waals surface area contributed by atoms with Gasteiger partial charge >= 0.3 is 0 Å². The smallest absolute Gasteiger partial charge is 0.257 e. The minimum Gasteiger partial charge on any atom is -0.348 e. The molecule has 2 heterocycles. The molecule has 1 atom stereocenters. The molecule has 4 aromatic rings. The largest absolute Gasteiger partial charge is 0.348 e. The van der Waals surface area contributed by atoms with E-state index >= 15 is 0 Å². The first-order chi connectivity index (χ1) is 17.2. The van der Waals surface area contributed by atoms with Crippen LogP contribution in [0.1, 0.15) is 33.2 Å². The van der Waals surface area contributed by atoms with Gasteiger partial charge in [0.15, 0.2) is 0 Å². The fourth-order valence-electron chi connectivity index (χ4n) is 4.73. The van der Waals surface area contributed by atoms with Crippen LogP contribution >= 0.6 is 0 Å². The second kappa shape index (κ2) is 8.89. The molecular weight excluding hydrogens is 483 g/mol. The van der Waals surface area contributed by atoms with E-state index in [0.717, 1.165) is 52.0 Å². The van der Waals surface area contributed by atoms with E-state index in [9.17, 15) is 22.4 Å². The highest BCUT2D eigenvalue weighted by atomic mass is 32.2. The quantitative estimate of drug-likeness (QED) is 0.392. The molecule has 0 fully saturated rings. The van der Waals surface area contributed by atoms with Crippen LogP contribution in [0.5, 0.6) is 0 Å². The van der Waals surface area contributed by atoms with Gasteiger partial charge in [0.05, 0.1) is 10.9 Å². The lowest BCUT2D eigenvalue weighted by Crippen LogP contribution is -2.47. The molecule has 5 rings (SSSR count). The van der Waals surface area contributed by atoms with E-state index in [1.807, 2.05) is 59.8 Å². The topological polar surface area (TPSA) is 101 Å². The second-order valence-electron chi connectivity index (χ2n) is 8.61. The van der Waals surface area contributed by atoms with E-state index in [4.69, 9.17) is 0 Å². The summed E-state index contributed by atoms with van der Waals surface area (Å²) >= 11 is 0. The van der Waals surface area contributed by atoms with Crippen molar-refractivity contribution in [3.05, 3.63) is 101 Å². The van der Waals surface area contributed by atoms with Crippen LogP contribution in [0, 0.1) is 12.7 Å². The van der Waals surface area contributed by atoms with Crippen LogP contribution in [0.25, 0.3) is 10.9 Å². The Morgan fingerprint density at radius 1 is 1.00 bits per heavy atom. The van der Waals surface area contributed by atoms with Gasteiger partial charge in [0.2, 0.25) is 0 Å². The Morgan fingerprint density at radius 3 is 2.42 bits per heavy atom. The van der Waals surface area contributed by atoms with Crippen LogP contribution in [-0.4, -0.2) is 36.2 Å². The van der Waals surface area contributed by atoms with Gasteiger partial charge in [-0.25, -0.2) is 12.8 Å². The number of hydrazine groups is 1. The summed E-state index contributed by atoms with van der Waals surface area (Å²) in [4.78, 5) is 29.5. The number of halogens is 1. The number of para-hydroxylation sites is 1. The number of sulfonamides is 1. The first kappa shape index (κ1) is 23.7. The normalized spacial score (nSPS) is 15.4. The van der Waals surface area contributed by atoms with Gasteiger partial charge in [-0.2, -0.15) is 0 Å². The molecule has 0 spiro atoms. The molecule has 1 unspecified atom stereocenters. The van der Waals surface area contributed by atoms with Crippen LogP contribution in [0.4, 0.5) is 4.39 Å². The third-order valence-electron chi connectivity index (χ3n) is 6.54. The fourth-order valence-corrected chi connectivity index (χ4v) is 5.59. The molecule has 0 radical (unpaired) electrons. The Morgan fingerprint density at radius 2 is 1.67 bits per heavy atom. The van der Waals surface area contributed by atoms with Crippen molar-refractivity contribution < 1.29 is 22.4 Å². The number of carbonyl (C=O) groups excluding carboxylic acids is 2. The van der Waals surface area contributed by atoms with Crippen molar-refractivity contribution in [3.63, 3.8) is 0 Å². The number of benzene rings is 3. The Bertz CT molecular complexity index is 1610. The summed E-state index contributed by atoms with van der Waals surface area (Å²) in [5, 5.41) is 0.967. The van der Waals surface area contributed by atoms with E-state index in [-0.39, 0.29) is 17.3 Å². The maximum atomic E-state index is 13.4. The zero-order valence-electron chi connectivity index (χ0n) is 19.5. The molecule has 0 bridgehead atoms. The molecule has 1 aliphatic heterocycles. The number of rotatable bonds is 6. The Hall–Kier alpha value is -4.02. The van der Waals surface area contributed by atoms with Crippen molar-refractivity contribution in [2.75, 3.05) is 6.54 Å². The first-order valence-electron chi connectivity index (χ1n) is 11.2. The van der Waals surface area contributed by atoms with Crippen molar-refractivity contribution in [1.29, 1.82) is 0 Å². The molecule has 1 aromatic heterocycles. The highest BCUT2D eigenvalue weighted by molar-refractivity contribution is 7.89. The van der Waals surface area contributed by atoms with E-state index in [1.54, 1.807) is 12.1 Å². The summed E-state index contributed by atoms with van der Waals surface area (Å²) in [6.07, 6.45) is 0. The van der Waals surface area contributed by atoms with Gasteiger partial charge in [-0.1, -0.05) is 36.4 Å². The summed E-state index contributed by atoms with van der Waals surface area (Å²) in [5.74, 6) is -1.62. The van der Waals surface area contributed by atoms with Gasteiger partial charge in [-0.3, -0.25) is 15.0 Å². The summed E-state index contributed by atoms with van der Waals surface area (Å²) in [7, 11) is -2.18. The molecule has 8 nitrogen and oxygen atoms in total. The molecule has 0 saturated heterocycles. The molecule has 2 N–H and O–H groups in total. The molecule has 1 aliphatic rings. The van der Waals surface area contributed by atoms with Gasteiger partial charge < -0.3 is 9.47 Å². The van der Waals surface area contributed by atoms with Crippen molar-refractivity contribution in [2.45, 2.75) is 17.9 Å². The van der Waals surface area contributed by atoms with Crippen molar-refractivity contribution in [2.24, 2.45) is 7.05 Å². The third-order valence-corrected chi connectivity index (χ3v) is 7.81. The number of fused-ring (bicyclic) bond motifs is 2. The Kier molecular flexibility index (Phi) is 5.85. The zero-order chi connectivity index (χ0) is 25.6. The van der Waals surface area contributed by atoms with Gasteiger partial charge in [0.1, 0.15) is 12.4 Å². The number of aryl methyl sites for hydroxylation is 1. The lowest BCUT2D eigenvalue weighted by Gasteiger charge is -2.26. The van der Waals surface area contributed by atoms with Crippen LogP contribution in [0.3, 0.4) is 0 Å². The van der Waals surface area contributed by atoms with Crippen LogP contribution in [0.2, 0.25) is 0 Å². The number of hydrogen-bond acceptors (Lipinski definition) is 4. The van der Waals surface area contributed by atoms with Gasteiger partial charge in [-0.15, -0.1) is 4.83 Å². The standard InChI is InChI=1S/C26H23FN4O4S/c1-16-24(21-9-5-6-10-22(21)30(16)2)25-19-7-3-4-8-20(19)26(33)31(25)15-23(32)28-29-36(34,35)18-13-11-17(27)12-14-18/h3-14,25,29H,15H2,1-2H3,(H,28,32). The Balaban J connectivity index is 1.46. The van der Waals surface area contributed by atoms with Crippen molar-refractivity contribution >= 4 is 32.7 Å². The van der Waals surface area contributed by atoms with Gasteiger partial charge in [-0.05, 0) is 48.9 Å². The lowest BCUT2D eigenvalue weighted by molar-refractivity contribution is -0.122. The second-order valence-corrected chi connectivity index (χ2v) is 10.3. The predicted molar refractivity (Wildman–Crippen MR) is 132 cm³/mol. The molecular formula is C26H23FN4O4S. The minimum absolute atomic E-state index is 0.210. The average molecular weight is 507 g/mol. The number of nitrogens with zero attached hydrogens (tertiary/aromatic N) is 2. The zero-order valence-corrected chi connectivity index (χ0v) is 20.3. The van der Waals surface area contributed by atoms with Crippen LogP contribution in [-0.2, 0) is 21.9 Å². The fraction of sp³-hybridized carbons (Fsp3) is 0.154.